The van der Waals surface area contributed by atoms with E-state index in [-0.39, 0.29) is 23.1 Å². The number of hydrogen-bond donors (Lipinski definition) is 4. The maximum absolute atomic E-state index is 12.9. The van der Waals surface area contributed by atoms with Crippen molar-refractivity contribution in [2.75, 3.05) is 6.54 Å². The van der Waals surface area contributed by atoms with Crippen LogP contribution in [-0.2, 0) is 19.4 Å². The molecule has 0 aromatic carbocycles. The lowest BCUT2D eigenvalue weighted by molar-refractivity contribution is 0.0931. The van der Waals surface area contributed by atoms with Crippen LogP contribution in [0.1, 0.15) is 51.8 Å². The molecule has 1 unspecified atom stereocenters. The molecule has 1 amide bonds. The number of aromatic nitrogens is 2. The van der Waals surface area contributed by atoms with Gasteiger partial charge in [-0.05, 0) is 36.5 Å². The molecule has 0 bridgehead atoms. The Hall–Kier alpha value is -2.67. The van der Waals surface area contributed by atoms with Crippen molar-refractivity contribution >= 4 is 5.91 Å². The van der Waals surface area contributed by atoms with Gasteiger partial charge in [-0.15, -0.1) is 0 Å². The summed E-state index contributed by atoms with van der Waals surface area (Å²) < 4.78 is 0. The number of carbonyl (C=O) groups excluding carboxylic acids is 1. The number of H-pyrrole nitrogens is 2. The van der Waals surface area contributed by atoms with Gasteiger partial charge in [-0.3, -0.25) is 14.4 Å². The quantitative estimate of drug-likeness (QED) is 0.639. The minimum atomic E-state index is -0.251. The average Bonchev–Trinajstić information content (AvgIpc) is 2.60. The summed E-state index contributed by atoms with van der Waals surface area (Å²) in [6.07, 6.45) is 3.22. The van der Waals surface area contributed by atoms with Crippen LogP contribution in [0.3, 0.4) is 0 Å². The number of rotatable bonds is 2. The number of hydrogen-bond acceptors (Lipinski definition) is 4. The van der Waals surface area contributed by atoms with Crippen LogP contribution in [0.25, 0.3) is 0 Å². The van der Waals surface area contributed by atoms with Gasteiger partial charge in [-0.1, -0.05) is 0 Å². The maximum atomic E-state index is 12.9. The first-order valence-corrected chi connectivity index (χ1v) is 8.60. The van der Waals surface area contributed by atoms with Gasteiger partial charge in [-0.25, -0.2) is 0 Å². The van der Waals surface area contributed by atoms with Crippen LogP contribution in [0.4, 0.5) is 0 Å². The molecule has 1 atom stereocenters. The van der Waals surface area contributed by atoms with E-state index in [1.165, 1.54) is 12.1 Å². The zero-order valence-electron chi connectivity index (χ0n) is 13.8. The van der Waals surface area contributed by atoms with E-state index in [9.17, 15) is 14.4 Å². The lowest BCUT2D eigenvalue weighted by Crippen LogP contribution is -2.36. The zero-order chi connectivity index (χ0) is 17.4. The topological polar surface area (TPSA) is 107 Å². The Bertz CT molecular complexity index is 944. The van der Waals surface area contributed by atoms with Crippen molar-refractivity contribution in [3.05, 3.63) is 67.0 Å². The van der Waals surface area contributed by atoms with Gasteiger partial charge >= 0.3 is 0 Å². The molecule has 1 aliphatic carbocycles. The Morgan fingerprint density at radius 1 is 1.08 bits per heavy atom. The molecule has 1 aliphatic heterocycles. The summed E-state index contributed by atoms with van der Waals surface area (Å²) in [7, 11) is 0. The molecule has 25 heavy (non-hydrogen) atoms. The van der Waals surface area contributed by atoms with Gasteiger partial charge in [0.1, 0.15) is 0 Å². The highest BCUT2D eigenvalue weighted by Gasteiger charge is 2.25. The van der Waals surface area contributed by atoms with Gasteiger partial charge in [-0.2, -0.15) is 0 Å². The van der Waals surface area contributed by atoms with E-state index in [1.54, 1.807) is 6.07 Å². The second-order valence-electron chi connectivity index (χ2n) is 6.61. The van der Waals surface area contributed by atoms with E-state index >= 15 is 0 Å². The third kappa shape index (κ3) is 3.02. The third-order valence-corrected chi connectivity index (χ3v) is 4.97. The van der Waals surface area contributed by atoms with Crippen LogP contribution in [0.15, 0.2) is 27.8 Å². The van der Waals surface area contributed by atoms with Crippen molar-refractivity contribution in [1.82, 2.24) is 20.6 Å². The minimum Gasteiger partial charge on any atom is -0.345 e. The van der Waals surface area contributed by atoms with Gasteiger partial charge < -0.3 is 20.6 Å². The summed E-state index contributed by atoms with van der Waals surface area (Å²) in [5.41, 5.74) is 3.60. The number of nitrogens with one attached hydrogen (secondary N) is 4. The van der Waals surface area contributed by atoms with Crippen LogP contribution in [0.5, 0.6) is 0 Å². The number of amides is 1. The van der Waals surface area contributed by atoms with E-state index in [4.69, 9.17) is 0 Å². The molecule has 0 spiro atoms. The summed E-state index contributed by atoms with van der Waals surface area (Å²) in [5, 5.41) is 6.29. The summed E-state index contributed by atoms with van der Waals surface area (Å²) in [6.45, 7) is 1.36. The molecule has 2 aliphatic rings. The molecule has 130 valence electrons. The fourth-order valence-corrected chi connectivity index (χ4v) is 3.77. The maximum Gasteiger partial charge on any atom is 0.252 e. The Kier molecular flexibility index (Phi) is 4.01. The van der Waals surface area contributed by atoms with Crippen molar-refractivity contribution in [2.45, 2.75) is 38.3 Å². The summed E-state index contributed by atoms with van der Waals surface area (Å²) in [4.78, 5) is 41.9. The smallest absolute Gasteiger partial charge is 0.252 e. The second kappa shape index (κ2) is 6.33. The lowest BCUT2D eigenvalue weighted by atomic mass is 9.91. The van der Waals surface area contributed by atoms with Crippen molar-refractivity contribution in [2.24, 2.45) is 0 Å². The van der Waals surface area contributed by atoms with Gasteiger partial charge in [0.2, 0.25) is 11.1 Å². The SMILES string of the molecule is O=C(NC1CCCc2[nH]c(=O)ccc21)c1cc(=O)[nH]c2c1CNCC2. The standard InChI is InChI=1S/C18H20N4O3/c23-16-5-4-10-13(20-16)2-1-3-14(10)22-18(25)11-8-17(24)21-15-6-7-19-9-12(11)15/h4-5,8,14,19H,1-3,6-7,9H2,(H,20,23)(H,21,24)(H,22,25). The predicted octanol–water partition coefficient (Wildman–Crippen LogP) is 0.516. The van der Waals surface area contributed by atoms with Crippen molar-refractivity contribution < 1.29 is 4.79 Å². The Balaban J connectivity index is 1.65. The molecular formula is C18H20N4O3. The van der Waals surface area contributed by atoms with Crippen LogP contribution in [0.2, 0.25) is 0 Å². The first-order valence-electron chi connectivity index (χ1n) is 8.60. The fraction of sp³-hybridized carbons (Fsp3) is 0.389. The average molecular weight is 340 g/mol. The second-order valence-corrected chi connectivity index (χ2v) is 6.61. The van der Waals surface area contributed by atoms with Crippen molar-refractivity contribution in [3.63, 3.8) is 0 Å². The largest absolute Gasteiger partial charge is 0.345 e. The molecule has 7 nitrogen and oxygen atoms in total. The number of aryl methyl sites for hydroxylation is 1. The van der Waals surface area contributed by atoms with E-state index in [2.05, 4.69) is 20.6 Å². The molecule has 4 rings (SSSR count). The molecule has 3 heterocycles. The molecule has 0 fully saturated rings. The van der Waals surface area contributed by atoms with Crippen molar-refractivity contribution in [1.29, 1.82) is 0 Å². The van der Waals surface area contributed by atoms with Crippen LogP contribution in [-0.4, -0.2) is 22.4 Å². The van der Waals surface area contributed by atoms with E-state index in [1.807, 2.05) is 0 Å². The number of aromatic amines is 2. The highest BCUT2D eigenvalue weighted by Crippen LogP contribution is 2.28. The van der Waals surface area contributed by atoms with Gasteiger partial charge in [0.25, 0.3) is 5.91 Å². The Morgan fingerprint density at radius 2 is 1.92 bits per heavy atom. The van der Waals surface area contributed by atoms with Gasteiger partial charge in [0.05, 0.1) is 11.6 Å². The fourth-order valence-electron chi connectivity index (χ4n) is 3.77. The Labute approximate surface area is 143 Å². The highest BCUT2D eigenvalue weighted by molar-refractivity contribution is 5.96. The molecule has 2 aromatic heterocycles. The molecule has 0 saturated heterocycles. The van der Waals surface area contributed by atoms with Crippen LogP contribution >= 0.6 is 0 Å². The van der Waals surface area contributed by atoms with Crippen molar-refractivity contribution in [3.8, 4) is 0 Å². The summed E-state index contributed by atoms with van der Waals surface area (Å²) in [6, 6.07) is 4.49. The third-order valence-electron chi connectivity index (χ3n) is 4.97. The molecule has 0 saturated carbocycles. The summed E-state index contributed by atoms with van der Waals surface area (Å²) >= 11 is 0. The molecule has 4 N–H and O–H groups in total. The Morgan fingerprint density at radius 3 is 2.80 bits per heavy atom. The first-order chi connectivity index (χ1) is 12.1. The van der Waals surface area contributed by atoms with E-state index in [0.717, 1.165) is 48.3 Å². The van der Waals surface area contributed by atoms with Gasteiger partial charge in [0, 0.05) is 43.0 Å². The van der Waals surface area contributed by atoms with Gasteiger partial charge in [0.15, 0.2) is 0 Å². The first kappa shape index (κ1) is 15.8. The van der Waals surface area contributed by atoms with E-state index in [0.29, 0.717) is 18.5 Å². The lowest BCUT2D eigenvalue weighted by Gasteiger charge is -2.27. The van der Waals surface area contributed by atoms with Crippen LogP contribution < -0.4 is 21.8 Å². The monoisotopic (exact) mass is 340 g/mol. The number of carbonyl (C=O) groups is 1. The van der Waals surface area contributed by atoms with E-state index < -0.39 is 0 Å². The molecular weight excluding hydrogens is 320 g/mol. The number of pyridine rings is 2. The van der Waals surface area contributed by atoms with Crippen LogP contribution in [0, 0.1) is 0 Å². The molecule has 2 aromatic rings. The predicted molar refractivity (Wildman–Crippen MR) is 92.7 cm³/mol. The molecule has 0 radical (unpaired) electrons. The minimum absolute atomic E-state index is 0.125. The normalized spacial score (nSPS) is 19.0. The highest BCUT2D eigenvalue weighted by atomic mass is 16.2. The summed E-state index contributed by atoms with van der Waals surface area (Å²) in [5.74, 6) is -0.241. The molecule has 7 heteroatoms. The zero-order valence-corrected chi connectivity index (χ0v) is 13.8. The number of fused-ring (bicyclic) bond motifs is 2.